The van der Waals surface area contributed by atoms with Gasteiger partial charge in [0.1, 0.15) is 11.9 Å². The van der Waals surface area contributed by atoms with Gasteiger partial charge in [-0.3, -0.25) is 4.90 Å². The van der Waals surface area contributed by atoms with Crippen LogP contribution in [0.2, 0.25) is 5.02 Å². The second kappa shape index (κ2) is 7.49. The molecule has 0 aromatic heterocycles. The number of aliphatic hydroxyl groups is 1. The summed E-state index contributed by atoms with van der Waals surface area (Å²) in [5.74, 6) is 0.796. The number of halogens is 1. The van der Waals surface area contributed by atoms with E-state index in [9.17, 15) is 4.79 Å². The highest BCUT2D eigenvalue weighted by Crippen LogP contribution is 2.20. The molecule has 1 amide bonds. The molecule has 1 aliphatic rings. The molecule has 0 unspecified atom stereocenters. The Hall–Kier alpha value is -1.50. The number of aliphatic hydroxyl groups excluding tert-OH is 1. The molecule has 1 saturated heterocycles. The van der Waals surface area contributed by atoms with Gasteiger partial charge in [0.05, 0.1) is 12.6 Å². The number of nitrogens with zero attached hydrogens (tertiary/aromatic N) is 1. The van der Waals surface area contributed by atoms with Crippen LogP contribution in [0, 0.1) is 0 Å². The van der Waals surface area contributed by atoms with Crippen molar-refractivity contribution in [2.24, 2.45) is 0 Å². The number of carbonyl (C=O) groups is 1. The minimum atomic E-state index is -1.11. The Bertz CT molecular complexity index is 463. The summed E-state index contributed by atoms with van der Waals surface area (Å²) in [5.41, 5.74) is 0. The van der Waals surface area contributed by atoms with E-state index in [-0.39, 0.29) is 12.7 Å². The summed E-state index contributed by atoms with van der Waals surface area (Å²) >= 11 is 5.81. The molecule has 1 aromatic rings. The lowest BCUT2D eigenvalue weighted by atomic mass is 10.1. The van der Waals surface area contributed by atoms with E-state index in [4.69, 9.17) is 26.6 Å². The van der Waals surface area contributed by atoms with Gasteiger partial charge in [-0.15, -0.1) is 0 Å². The summed E-state index contributed by atoms with van der Waals surface area (Å²) < 4.78 is 5.77. The average Bonchev–Trinajstić information content (AvgIpc) is 2.41. The largest absolute Gasteiger partial charge is 0.488 e. The van der Waals surface area contributed by atoms with Crippen molar-refractivity contribution in [3.05, 3.63) is 29.3 Å². The van der Waals surface area contributed by atoms with Crippen molar-refractivity contribution in [2.75, 3.05) is 26.2 Å². The predicted octanol–water partition coefficient (Wildman–Crippen LogP) is 1.42. The number of rotatable bonds is 7. The highest BCUT2D eigenvalue weighted by Gasteiger charge is 2.28. The lowest BCUT2D eigenvalue weighted by Crippen LogP contribution is -2.54. The Morgan fingerprint density at radius 2 is 2.10 bits per heavy atom. The van der Waals surface area contributed by atoms with Crippen LogP contribution in [0.4, 0.5) is 4.79 Å². The van der Waals surface area contributed by atoms with Crippen molar-refractivity contribution in [3.63, 3.8) is 0 Å². The lowest BCUT2D eigenvalue weighted by Gasteiger charge is -2.39. The van der Waals surface area contributed by atoms with Gasteiger partial charge >= 0.3 is 6.09 Å². The van der Waals surface area contributed by atoms with E-state index in [0.717, 1.165) is 25.4 Å². The third-order valence-corrected chi connectivity index (χ3v) is 3.63. The molecule has 3 N–H and O–H groups in total. The molecule has 116 valence electrons. The van der Waals surface area contributed by atoms with Crippen LogP contribution in [0.25, 0.3) is 0 Å². The molecule has 21 heavy (non-hydrogen) atoms. The van der Waals surface area contributed by atoms with Gasteiger partial charge in [0.15, 0.2) is 0 Å². The standard InChI is InChI=1S/C14H19ClN2O4/c15-10-1-3-12(4-2-10)21-13-7-17(8-13)6-5-11(9-18)16-14(19)20/h1-4,11,13,16,18H,5-9H2,(H,19,20)/t11-/m0/s1. The van der Waals surface area contributed by atoms with Crippen LogP contribution in [0.15, 0.2) is 24.3 Å². The summed E-state index contributed by atoms with van der Waals surface area (Å²) in [6.07, 6.45) is -0.385. The fourth-order valence-electron chi connectivity index (χ4n) is 2.21. The minimum absolute atomic E-state index is 0.145. The summed E-state index contributed by atoms with van der Waals surface area (Å²) in [5, 5.41) is 20.6. The third-order valence-electron chi connectivity index (χ3n) is 3.38. The first-order valence-corrected chi connectivity index (χ1v) is 7.19. The number of amides is 1. The van der Waals surface area contributed by atoms with Crippen molar-refractivity contribution < 1.29 is 19.7 Å². The third kappa shape index (κ3) is 5.08. The molecule has 0 spiro atoms. The molecule has 1 fully saturated rings. The average molecular weight is 315 g/mol. The van der Waals surface area contributed by atoms with E-state index in [2.05, 4.69) is 10.2 Å². The maximum absolute atomic E-state index is 10.5. The summed E-state index contributed by atoms with van der Waals surface area (Å²) in [6, 6.07) is 6.83. The summed E-state index contributed by atoms with van der Waals surface area (Å²) in [6.45, 7) is 2.14. The van der Waals surface area contributed by atoms with Crippen LogP contribution in [0.3, 0.4) is 0 Å². The van der Waals surface area contributed by atoms with E-state index in [0.29, 0.717) is 11.4 Å². The molecule has 2 rings (SSSR count). The molecule has 0 bridgehead atoms. The molecule has 1 atom stereocenters. The van der Waals surface area contributed by atoms with Crippen LogP contribution < -0.4 is 10.1 Å². The van der Waals surface area contributed by atoms with Gasteiger partial charge in [-0.1, -0.05) is 11.6 Å². The van der Waals surface area contributed by atoms with Gasteiger partial charge in [-0.25, -0.2) is 4.79 Å². The number of nitrogens with one attached hydrogen (secondary N) is 1. The van der Waals surface area contributed by atoms with Crippen molar-refractivity contribution in [1.82, 2.24) is 10.2 Å². The van der Waals surface area contributed by atoms with Crippen molar-refractivity contribution in [3.8, 4) is 5.75 Å². The molecule has 7 heteroatoms. The zero-order chi connectivity index (χ0) is 15.2. The first kappa shape index (κ1) is 15.9. The van der Waals surface area contributed by atoms with Gasteiger partial charge in [-0.05, 0) is 30.7 Å². The normalized spacial score (nSPS) is 17.0. The Balaban J connectivity index is 1.65. The fourth-order valence-corrected chi connectivity index (χ4v) is 2.33. The fraction of sp³-hybridized carbons (Fsp3) is 0.500. The number of hydrogen-bond acceptors (Lipinski definition) is 4. The zero-order valence-corrected chi connectivity index (χ0v) is 12.3. The predicted molar refractivity (Wildman–Crippen MR) is 79.0 cm³/mol. The van der Waals surface area contributed by atoms with E-state index < -0.39 is 12.1 Å². The first-order chi connectivity index (χ1) is 10.1. The maximum Gasteiger partial charge on any atom is 0.404 e. The van der Waals surface area contributed by atoms with Crippen LogP contribution >= 0.6 is 11.6 Å². The second-order valence-corrected chi connectivity index (χ2v) is 5.51. The molecule has 1 aromatic carbocycles. The monoisotopic (exact) mass is 314 g/mol. The van der Waals surface area contributed by atoms with Gasteiger partial charge in [0, 0.05) is 24.7 Å². The van der Waals surface area contributed by atoms with E-state index >= 15 is 0 Å². The second-order valence-electron chi connectivity index (χ2n) is 5.07. The van der Waals surface area contributed by atoms with Crippen LogP contribution in [-0.4, -0.2) is 59.6 Å². The van der Waals surface area contributed by atoms with Gasteiger partial charge < -0.3 is 20.3 Å². The van der Waals surface area contributed by atoms with Gasteiger partial charge in [0.2, 0.25) is 0 Å². The SMILES string of the molecule is O=C(O)N[C@H](CO)CCN1CC(Oc2ccc(Cl)cc2)C1. The van der Waals surface area contributed by atoms with Gasteiger partial charge in [-0.2, -0.15) is 0 Å². The smallest absolute Gasteiger partial charge is 0.404 e. The van der Waals surface area contributed by atoms with E-state index in [1.54, 1.807) is 12.1 Å². The Kier molecular flexibility index (Phi) is 5.67. The summed E-state index contributed by atoms with van der Waals surface area (Å²) in [7, 11) is 0. The van der Waals surface area contributed by atoms with Crippen LogP contribution in [0.5, 0.6) is 5.75 Å². The number of hydrogen-bond donors (Lipinski definition) is 3. The first-order valence-electron chi connectivity index (χ1n) is 6.81. The number of ether oxygens (including phenoxy) is 1. The highest BCUT2D eigenvalue weighted by molar-refractivity contribution is 6.30. The molecular weight excluding hydrogens is 296 g/mol. The van der Waals surface area contributed by atoms with Crippen LogP contribution in [0.1, 0.15) is 6.42 Å². The molecule has 1 aliphatic heterocycles. The van der Waals surface area contributed by atoms with E-state index in [1.165, 1.54) is 0 Å². The number of benzene rings is 1. The Morgan fingerprint density at radius 3 is 2.67 bits per heavy atom. The quantitative estimate of drug-likeness (QED) is 0.709. The van der Waals surface area contributed by atoms with Crippen LogP contribution in [-0.2, 0) is 0 Å². The van der Waals surface area contributed by atoms with Crippen molar-refractivity contribution in [1.29, 1.82) is 0 Å². The number of carboxylic acid groups (broad SMARTS) is 1. The van der Waals surface area contributed by atoms with Gasteiger partial charge in [0.25, 0.3) is 0 Å². The molecule has 0 aliphatic carbocycles. The Labute approximate surface area is 128 Å². The number of likely N-dealkylation sites (tertiary alicyclic amines) is 1. The molecule has 1 heterocycles. The van der Waals surface area contributed by atoms with Crippen molar-refractivity contribution in [2.45, 2.75) is 18.6 Å². The van der Waals surface area contributed by atoms with Crippen molar-refractivity contribution >= 4 is 17.7 Å². The molecule has 6 nitrogen and oxygen atoms in total. The maximum atomic E-state index is 10.5. The zero-order valence-electron chi connectivity index (χ0n) is 11.5. The molecule has 0 radical (unpaired) electrons. The Morgan fingerprint density at radius 1 is 1.43 bits per heavy atom. The lowest BCUT2D eigenvalue weighted by molar-refractivity contribution is 0.0166. The highest BCUT2D eigenvalue weighted by atomic mass is 35.5. The summed E-state index contributed by atoms with van der Waals surface area (Å²) in [4.78, 5) is 12.7. The topological polar surface area (TPSA) is 82.0 Å². The molecular formula is C14H19ClN2O4. The molecule has 0 saturated carbocycles. The van der Waals surface area contributed by atoms with E-state index in [1.807, 2.05) is 12.1 Å². The minimum Gasteiger partial charge on any atom is -0.488 e.